The maximum absolute atomic E-state index is 12.1. The summed E-state index contributed by atoms with van der Waals surface area (Å²) in [5.41, 5.74) is 0.769. The van der Waals surface area contributed by atoms with Gasteiger partial charge in [-0.2, -0.15) is 9.97 Å². The van der Waals surface area contributed by atoms with Crippen LogP contribution in [0.4, 0.5) is 5.95 Å². The summed E-state index contributed by atoms with van der Waals surface area (Å²) in [5, 5.41) is 13.4. The van der Waals surface area contributed by atoms with Gasteiger partial charge in [0.1, 0.15) is 5.75 Å². The number of amides is 1. The normalized spacial score (nSPS) is 11.0. The van der Waals surface area contributed by atoms with Gasteiger partial charge in [-0.3, -0.25) is 15.2 Å². The van der Waals surface area contributed by atoms with Gasteiger partial charge in [0.05, 0.1) is 12.7 Å². The molecule has 0 atom stereocenters. The highest BCUT2D eigenvalue weighted by Gasteiger charge is 2.13. The number of aromatic amines is 1. The van der Waals surface area contributed by atoms with Gasteiger partial charge in [0.25, 0.3) is 0 Å². The second-order valence-corrected chi connectivity index (χ2v) is 6.31. The monoisotopic (exact) mass is 370 g/mol. The molecule has 2 heterocycles. The molecule has 1 amide bonds. The molecule has 1 aromatic carbocycles. The van der Waals surface area contributed by atoms with Crippen LogP contribution in [0.25, 0.3) is 11.4 Å². The van der Waals surface area contributed by atoms with E-state index >= 15 is 0 Å². The topological polar surface area (TPSA) is 119 Å². The molecule has 0 aliphatic rings. The first-order valence-electron chi connectivity index (χ1n) is 8.75. The zero-order valence-corrected chi connectivity index (χ0v) is 15.5. The maximum Gasteiger partial charge on any atom is 0.249 e. The third kappa shape index (κ3) is 4.69. The van der Waals surface area contributed by atoms with Crippen molar-refractivity contribution in [3.8, 4) is 17.1 Å². The van der Waals surface area contributed by atoms with Crippen LogP contribution in [0.5, 0.6) is 5.75 Å². The van der Waals surface area contributed by atoms with Crippen LogP contribution < -0.4 is 10.1 Å². The van der Waals surface area contributed by atoms with E-state index in [0.717, 1.165) is 5.56 Å². The molecule has 0 aliphatic carbocycles. The maximum atomic E-state index is 12.1. The number of aromatic nitrogens is 5. The van der Waals surface area contributed by atoms with Crippen LogP contribution >= 0.6 is 0 Å². The van der Waals surface area contributed by atoms with E-state index < -0.39 is 0 Å². The Bertz CT molecular complexity index is 902. The molecule has 0 saturated carbocycles. The number of ether oxygens (including phenoxy) is 1. The number of hydrogen-bond acceptors (Lipinski definition) is 7. The van der Waals surface area contributed by atoms with Crippen LogP contribution in [0.2, 0.25) is 0 Å². The van der Waals surface area contributed by atoms with Crippen molar-refractivity contribution in [3.63, 3.8) is 0 Å². The number of aryl methyl sites for hydroxylation is 1. The van der Waals surface area contributed by atoms with E-state index in [1.807, 2.05) is 38.1 Å². The number of benzene rings is 1. The molecule has 142 valence electrons. The molecule has 2 aromatic heterocycles. The highest BCUT2D eigenvalue weighted by molar-refractivity contribution is 5.89. The van der Waals surface area contributed by atoms with Crippen molar-refractivity contribution in [2.75, 3.05) is 12.4 Å². The highest BCUT2D eigenvalue weighted by Crippen LogP contribution is 2.27. The predicted octanol–water partition coefficient (Wildman–Crippen LogP) is 2.95. The minimum absolute atomic E-state index is 0.177. The molecule has 0 fully saturated rings. The molecule has 27 heavy (non-hydrogen) atoms. The summed E-state index contributed by atoms with van der Waals surface area (Å²) >= 11 is 0. The molecule has 0 radical (unpaired) electrons. The number of para-hydroxylation sites is 1. The molecule has 0 spiro atoms. The Hall–Kier alpha value is -3.23. The Kier molecular flexibility index (Phi) is 5.80. The number of hydrogen-bond donors (Lipinski definition) is 2. The summed E-state index contributed by atoms with van der Waals surface area (Å²) in [5.74, 6) is 2.68. The lowest BCUT2D eigenvalue weighted by molar-refractivity contribution is -0.116. The highest BCUT2D eigenvalue weighted by atomic mass is 16.5. The number of H-pyrrole nitrogens is 1. The van der Waals surface area contributed by atoms with E-state index in [-0.39, 0.29) is 17.8 Å². The molecule has 0 unspecified atom stereocenters. The largest absolute Gasteiger partial charge is 0.496 e. The Morgan fingerprint density at radius 3 is 2.85 bits per heavy atom. The molecule has 2 N–H and O–H groups in total. The molecule has 0 bridgehead atoms. The quantitative estimate of drug-likeness (QED) is 0.625. The van der Waals surface area contributed by atoms with Crippen LogP contribution in [-0.4, -0.2) is 38.3 Å². The zero-order valence-electron chi connectivity index (χ0n) is 15.5. The van der Waals surface area contributed by atoms with Crippen LogP contribution in [0.1, 0.15) is 44.3 Å². The van der Waals surface area contributed by atoms with Crippen LogP contribution in [0.15, 0.2) is 28.8 Å². The fourth-order valence-corrected chi connectivity index (χ4v) is 2.47. The van der Waals surface area contributed by atoms with Gasteiger partial charge in [0, 0.05) is 18.8 Å². The van der Waals surface area contributed by atoms with E-state index in [1.54, 1.807) is 7.11 Å². The average Bonchev–Trinajstić information content (AvgIpc) is 3.31. The van der Waals surface area contributed by atoms with Gasteiger partial charge in [-0.15, -0.1) is 5.10 Å². The minimum atomic E-state index is -0.177. The Morgan fingerprint density at radius 1 is 1.30 bits per heavy atom. The predicted molar refractivity (Wildman–Crippen MR) is 98.3 cm³/mol. The van der Waals surface area contributed by atoms with E-state index in [4.69, 9.17) is 9.26 Å². The lowest BCUT2D eigenvalue weighted by atomic mass is 10.2. The first-order valence-corrected chi connectivity index (χ1v) is 8.75. The molecular weight excluding hydrogens is 348 g/mol. The summed E-state index contributed by atoms with van der Waals surface area (Å²) < 4.78 is 10.5. The molecule has 0 saturated heterocycles. The van der Waals surface area contributed by atoms with Crippen molar-refractivity contribution < 1.29 is 14.1 Å². The number of carbonyl (C=O) groups excluding carboxylic acids is 1. The smallest absolute Gasteiger partial charge is 0.249 e. The standard InChI is InChI=1S/C18H22N6O3/c1-11(2)16-20-15(27-24-16)10-6-9-14(25)19-18-21-17(22-23-18)12-7-4-5-8-13(12)26-3/h4-5,7-8,11H,6,9-10H2,1-3H3,(H2,19,21,22,23,25). The molecule has 3 rings (SSSR count). The van der Waals surface area contributed by atoms with Gasteiger partial charge in [0.15, 0.2) is 11.6 Å². The summed E-state index contributed by atoms with van der Waals surface area (Å²) in [6.07, 6.45) is 1.45. The second-order valence-electron chi connectivity index (χ2n) is 6.31. The zero-order chi connectivity index (χ0) is 19.2. The molecule has 9 nitrogen and oxygen atoms in total. The SMILES string of the molecule is COc1ccccc1-c1nc(NC(=O)CCCc2nc(C(C)C)no2)n[nH]1. The van der Waals surface area contributed by atoms with Gasteiger partial charge in [-0.25, -0.2) is 0 Å². The van der Waals surface area contributed by atoms with Crippen molar-refractivity contribution in [1.82, 2.24) is 25.3 Å². The van der Waals surface area contributed by atoms with E-state index in [0.29, 0.717) is 42.6 Å². The Labute approximate surface area is 156 Å². The van der Waals surface area contributed by atoms with Crippen molar-refractivity contribution in [1.29, 1.82) is 0 Å². The number of methoxy groups -OCH3 is 1. The molecular formula is C18H22N6O3. The minimum Gasteiger partial charge on any atom is -0.496 e. The lowest BCUT2D eigenvalue weighted by Crippen LogP contribution is -2.12. The summed E-state index contributed by atoms with van der Waals surface area (Å²) in [6, 6.07) is 7.44. The fourth-order valence-electron chi connectivity index (χ4n) is 2.47. The Balaban J connectivity index is 1.52. The van der Waals surface area contributed by atoms with Crippen molar-refractivity contribution in [2.24, 2.45) is 0 Å². The first kappa shape index (κ1) is 18.6. The molecule has 3 aromatic rings. The summed E-state index contributed by atoms with van der Waals surface area (Å²) in [4.78, 5) is 20.7. The lowest BCUT2D eigenvalue weighted by Gasteiger charge is -2.04. The van der Waals surface area contributed by atoms with Gasteiger partial charge in [-0.05, 0) is 18.6 Å². The number of nitrogens with one attached hydrogen (secondary N) is 2. The van der Waals surface area contributed by atoms with Crippen molar-refractivity contribution >= 4 is 11.9 Å². The third-order valence-electron chi connectivity index (χ3n) is 3.89. The average molecular weight is 370 g/mol. The number of anilines is 1. The summed E-state index contributed by atoms with van der Waals surface area (Å²) in [7, 11) is 1.59. The van der Waals surface area contributed by atoms with Crippen LogP contribution in [0, 0.1) is 0 Å². The van der Waals surface area contributed by atoms with E-state index in [9.17, 15) is 4.79 Å². The third-order valence-corrected chi connectivity index (χ3v) is 3.89. The van der Waals surface area contributed by atoms with Crippen molar-refractivity contribution in [3.05, 3.63) is 36.0 Å². The molecule has 0 aliphatic heterocycles. The number of rotatable bonds is 8. The fraction of sp³-hybridized carbons (Fsp3) is 0.389. The Morgan fingerprint density at radius 2 is 2.11 bits per heavy atom. The van der Waals surface area contributed by atoms with Gasteiger partial charge in [-0.1, -0.05) is 31.1 Å². The van der Waals surface area contributed by atoms with Crippen LogP contribution in [-0.2, 0) is 11.2 Å². The number of nitrogens with zero attached hydrogens (tertiary/aromatic N) is 4. The second kappa shape index (κ2) is 8.43. The molecule has 9 heteroatoms. The van der Waals surface area contributed by atoms with Gasteiger partial charge in [0.2, 0.25) is 17.7 Å². The number of carbonyl (C=O) groups is 1. The van der Waals surface area contributed by atoms with E-state index in [2.05, 4.69) is 30.6 Å². The summed E-state index contributed by atoms with van der Waals surface area (Å²) in [6.45, 7) is 4.00. The van der Waals surface area contributed by atoms with Crippen molar-refractivity contribution in [2.45, 2.75) is 39.0 Å². The van der Waals surface area contributed by atoms with Gasteiger partial charge >= 0.3 is 0 Å². The van der Waals surface area contributed by atoms with E-state index in [1.165, 1.54) is 0 Å². The first-order chi connectivity index (χ1) is 13.1. The van der Waals surface area contributed by atoms with Crippen LogP contribution in [0.3, 0.4) is 0 Å². The van der Waals surface area contributed by atoms with Gasteiger partial charge < -0.3 is 9.26 Å².